The first-order chi connectivity index (χ1) is 3.15. The third-order valence-corrected chi connectivity index (χ3v) is 1.54. The van der Waals surface area contributed by atoms with E-state index < -0.39 is 0 Å². The molecule has 40 valence electrons. The van der Waals surface area contributed by atoms with Crippen molar-refractivity contribution in [3.8, 4) is 0 Å². The van der Waals surface area contributed by atoms with Crippen LogP contribution < -0.4 is 5.73 Å². The molecule has 1 aliphatic carbocycles. The van der Waals surface area contributed by atoms with Crippen LogP contribution in [0.2, 0.25) is 0 Å². The molecule has 0 bridgehead atoms. The van der Waals surface area contributed by atoms with Gasteiger partial charge in [-0.3, -0.25) is 0 Å². The van der Waals surface area contributed by atoms with Gasteiger partial charge in [0.05, 0.1) is 5.54 Å². The monoisotopic (exact) mass is 98.1 g/mol. The minimum Gasteiger partial charge on any atom is -0.320 e. The zero-order valence-electron chi connectivity index (χ0n) is 4.49. The molecule has 1 fully saturated rings. The summed E-state index contributed by atoms with van der Waals surface area (Å²) < 4.78 is 0. The Morgan fingerprint density at radius 3 is 2.14 bits per heavy atom. The molecule has 0 spiro atoms. The smallest absolute Gasteiger partial charge is 0.0535 e. The molecule has 0 amide bonds. The van der Waals surface area contributed by atoms with E-state index in [-0.39, 0.29) is 5.54 Å². The fourth-order valence-corrected chi connectivity index (χ4v) is 0.510. The first-order valence-corrected chi connectivity index (χ1v) is 2.50. The van der Waals surface area contributed by atoms with Crippen molar-refractivity contribution >= 4 is 5.71 Å². The van der Waals surface area contributed by atoms with Crippen LogP contribution >= 0.6 is 0 Å². The molecule has 1 aliphatic rings. The summed E-state index contributed by atoms with van der Waals surface area (Å²) >= 11 is 0. The molecule has 3 N–H and O–H groups in total. The minimum atomic E-state index is -0.167. The molecule has 0 aromatic rings. The van der Waals surface area contributed by atoms with E-state index in [9.17, 15) is 0 Å². The van der Waals surface area contributed by atoms with Gasteiger partial charge in [0.25, 0.3) is 0 Å². The van der Waals surface area contributed by atoms with Crippen molar-refractivity contribution in [2.45, 2.75) is 25.3 Å². The fraction of sp³-hybridized carbons (Fsp3) is 0.800. The van der Waals surface area contributed by atoms with E-state index in [1.165, 1.54) is 0 Å². The lowest BCUT2D eigenvalue weighted by molar-refractivity contribution is 0.893. The molecule has 0 atom stereocenters. The summed E-state index contributed by atoms with van der Waals surface area (Å²) in [7, 11) is 0. The van der Waals surface area contributed by atoms with Crippen molar-refractivity contribution in [1.82, 2.24) is 0 Å². The summed E-state index contributed by atoms with van der Waals surface area (Å²) in [5.41, 5.74) is 6.03. The van der Waals surface area contributed by atoms with Gasteiger partial charge in [0.2, 0.25) is 0 Å². The van der Waals surface area contributed by atoms with Gasteiger partial charge in [-0.25, -0.2) is 0 Å². The molecule has 1 rings (SSSR count). The lowest BCUT2D eigenvalue weighted by Gasteiger charge is -2.01. The molecule has 0 aliphatic heterocycles. The number of nitrogens with one attached hydrogen (secondary N) is 1. The van der Waals surface area contributed by atoms with E-state index in [0.717, 1.165) is 12.8 Å². The largest absolute Gasteiger partial charge is 0.320 e. The van der Waals surface area contributed by atoms with Crippen LogP contribution in [-0.2, 0) is 0 Å². The Morgan fingerprint density at radius 2 is 2.14 bits per heavy atom. The molecular formula is C5H10N2. The maximum absolute atomic E-state index is 7.08. The van der Waals surface area contributed by atoms with Crippen LogP contribution in [0.3, 0.4) is 0 Å². The Balaban J connectivity index is 2.55. The summed E-state index contributed by atoms with van der Waals surface area (Å²) in [5.74, 6) is 0. The normalized spacial score (nSPS) is 24.3. The van der Waals surface area contributed by atoms with Crippen LogP contribution in [0.15, 0.2) is 0 Å². The van der Waals surface area contributed by atoms with E-state index >= 15 is 0 Å². The van der Waals surface area contributed by atoms with Gasteiger partial charge in [0.1, 0.15) is 0 Å². The lowest BCUT2D eigenvalue weighted by Crippen LogP contribution is -2.29. The Bertz CT molecular complexity index is 103. The van der Waals surface area contributed by atoms with E-state index in [2.05, 4.69) is 0 Å². The molecule has 0 aromatic heterocycles. The third-order valence-electron chi connectivity index (χ3n) is 1.54. The summed E-state index contributed by atoms with van der Waals surface area (Å²) in [6, 6.07) is 0. The van der Waals surface area contributed by atoms with Gasteiger partial charge in [-0.05, 0) is 19.8 Å². The van der Waals surface area contributed by atoms with Crippen molar-refractivity contribution in [1.29, 1.82) is 5.41 Å². The topological polar surface area (TPSA) is 49.9 Å². The van der Waals surface area contributed by atoms with Gasteiger partial charge in [-0.1, -0.05) is 0 Å². The number of rotatable bonds is 1. The van der Waals surface area contributed by atoms with Gasteiger partial charge in [-0.15, -0.1) is 0 Å². The highest BCUT2D eigenvalue weighted by Crippen LogP contribution is 2.32. The van der Waals surface area contributed by atoms with Crippen LogP contribution in [0.25, 0.3) is 0 Å². The summed E-state index contributed by atoms with van der Waals surface area (Å²) in [4.78, 5) is 0. The lowest BCUT2D eigenvalue weighted by atomic mass is 10.2. The van der Waals surface area contributed by atoms with E-state index in [1.807, 2.05) is 0 Å². The standard InChI is InChI=1S/C5H10N2/c1-4(6)5(7)2-3-5/h6H,2-3,7H2,1H3. The Kier molecular flexibility index (Phi) is 0.729. The van der Waals surface area contributed by atoms with Crippen molar-refractivity contribution in [2.75, 3.05) is 0 Å². The quantitative estimate of drug-likeness (QED) is 0.461. The predicted octanol–water partition coefficient (Wildman–Crippen LogP) is 0.517. The summed E-state index contributed by atoms with van der Waals surface area (Å²) in [5, 5.41) is 7.08. The Morgan fingerprint density at radius 1 is 1.71 bits per heavy atom. The number of hydrogen-bond donors (Lipinski definition) is 2. The van der Waals surface area contributed by atoms with Crippen molar-refractivity contribution < 1.29 is 0 Å². The molecular weight excluding hydrogens is 88.1 g/mol. The van der Waals surface area contributed by atoms with Crippen molar-refractivity contribution in [2.24, 2.45) is 5.73 Å². The molecule has 1 saturated carbocycles. The highest BCUT2D eigenvalue weighted by molar-refractivity contribution is 5.91. The van der Waals surface area contributed by atoms with E-state index in [4.69, 9.17) is 11.1 Å². The second kappa shape index (κ2) is 1.07. The maximum atomic E-state index is 7.08. The second-order valence-electron chi connectivity index (χ2n) is 2.28. The average molecular weight is 98.1 g/mol. The predicted molar refractivity (Wildman–Crippen MR) is 29.6 cm³/mol. The van der Waals surface area contributed by atoms with Gasteiger partial charge in [0, 0.05) is 5.71 Å². The van der Waals surface area contributed by atoms with E-state index in [1.54, 1.807) is 6.92 Å². The summed E-state index contributed by atoms with van der Waals surface area (Å²) in [6.45, 7) is 1.77. The molecule has 0 radical (unpaired) electrons. The molecule has 2 heteroatoms. The van der Waals surface area contributed by atoms with Crippen LogP contribution in [0.4, 0.5) is 0 Å². The summed E-state index contributed by atoms with van der Waals surface area (Å²) in [6.07, 6.45) is 2.03. The highest BCUT2D eigenvalue weighted by Gasteiger charge is 2.40. The van der Waals surface area contributed by atoms with Gasteiger partial charge in [0.15, 0.2) is 0 Å². The van der Waals surface area contributed by atoms with Crippen LogP contribution in [0.1, 0.15) is 19.8 Å². The van der Waals surface area contributed by atoms with Crippen LogP contribution in [0, 0.1) is 5.41 Å². The van der Waals surface area contributed by atoms with E-state index in [0.29, 0.717) is 5.71 Å². The maximum Gasteiger partial charge on any atom is 0.0535 e. The first kappa shape index (κ1) is 4.78. The van der Waals surface area contributed by atoms with Gasteiger partial charge >= 0.3 is 0 Å². The third kappa shape index (κ3) is 0.657. The molecule has 0 unspecified atom stereocenters. The molecule has 0 saturated heterocycles. The Hall–Kier alpha value is -0.370. The number of nitrogens with two attached hydrogens (primary N) is 1. The number of hydrogen-bond acceptors (Lipinski definition) is 2. The first-order valence-electron chi connectivity index (χ1n) is 2.50. The molecule has 2 nitrogen and oxygen atoms in total. The Labute approximate surface area is 43.2 Å². The van der Waals surface area contributed by atoms with Crippen LogP contribution in [-0.4, -0.2) is 11.3 Å². The second-order valence-corrected chi connectivity index (χ2v) is 2.28. The molecule has 0 aromatic carbocycles. The molecule has 7 heavy (non-hydrogen) atoms. The molecule has 0 heterocycles. The zero-order chi connectivity index (χ0) is 5.49. The van der Waals surface area contributed by atoms with Gasteiger partial charge in [-0.2, -0.15) is 0 Å². The van der Waals surface area contributed by atoms with Gasteiger partial charge < -0.3 is 11.1 Å². The fourth-order valence-electron chi connectivity index (χ4n) is 0.510. The highest BCUT2D eigenvalue weighted by atomic mass is 14.8. The van der Waals surface area contributed by atoms with Crippen molar-refractivity contribution in [3.63, 3.8) is 0 Å². The van der Waals surface area contributed by atoms with Crippen LogP contribution in [0.5, 0.6) is 0 Å². The van der Waals surface area contributed by atoms with Crippen molar-refractivity contribution in [3.05, 3.63) is 0 Å². The minimum absolute atomic E-state index is 0.167. The SMILES string of the molecule is CC(=N)C1(N)CC1. The average Bonchev–Trinajstić information content (AvgIpc) is 2.21. The zero-order valence-corrected chi connectivity index (χ0v) is 4.49.